The van der Waals surface area contributed by atoms with E-state index < -0.39 is 0 Å². The zero-order chi connectivity index (χ0) is 19.1. The second kappa shape index (κ2) is 8.98. The number of aryl methyl sites for hydroxylation is 2. The topological polar surface area (TPSA) is 67.1 Å². The molecule has 0 aliphatic rings. The summed E-state index contributed by atoms with van der Waals surface area (Å²) < 4.78 is 1.89. The molecule has 0 spiro atoms. The Hall–Kier alpha value is -3.15. The zero-order valence-corrected chi connectivity index (χ0v) is 16.1. The molecule has 0 saturated heterocycles. The predicted octanol–water partition coefficient (Wildman–Crippen LogP) is 3.14. The number of benzene rings is 1. The lowest BCUT2D eigenvalue weighted by molar-refractivity contribution is 0.812. The Morgan fingerprint density at radius 3 is 2.74 bits per heavy atom. The van der Waals surface area contributed by atoms with E-state index in [-0.39, 0.29) is 0 Å². The highest BCUT2D eigenvalue weighted by atomic mass is 15.2. The van der Waals surface area contributed by atoms with Crippen molar-refractivity contribution in [3.05, 3.63) is 77.5 Å². The average molecular weight is 362 g/mol. The molecule has 0 bridgehead atoms. The number of aromatic nitrogens is 3. The smallest absolute Gasteiger partial charge is 0.191 e. The first-order chi connectivity index (χ1) is 13.2. The Balaban J connectivity index is 1.67. The van der Waals surface area contributed by atoms with Crippen LogP contribution < -0.4 is 10.6 Å². The summed E-state index contributed by atoms with van der Waals surface area (Å²) in [6.45, 7) is 8.46. The summed E-state index contributed by atoms with van der Waals surface area (Å²) in [7, 11) is 0. The summed E-state index contributed by atoms with van der Waals surface area (Å²) in [6, 6.07) is 10.5. The van der Waals surface area contributed by atoms with Crippen LogP contribution in [0.3, 0.4) is 0 Å². The van der Waals surface area contributed by atoms with Crippen molar-refractivity contribution in [2.75, 3.05) is 6.54 Å². The molecule has 27 heavy (non-hydrogen) atoms. The Morgan fingerprint density at radius 2 is 2.00 bits per heavy atom. The molecule has 1 aromatic carbocycles. The molecule has 0 unspecified atom stereocenters. The van der Waals surface area contributed by atoms with E-state index in [0.717, 1.165) is 30.4 Å². The maximum absolute atomic E-state index is 4.71. The van der Waals surface area contributed by atoms with Gasteiger partial charge in [0, 0.05) is 31.7 Å². The van der Waals surface area contributed by atoms with Gasteiger partial charge in [-0.1, -0.05) is 23.8 Å². The van der Waals surface area contributed by atoms with Crippen LogP contribution in [0.15, 0.2) is 60.2 Å². The molecular formula is C21H26N6. The fraction of sp³-hybridized carbons (Fsp3) is 0.286. The fourth-order valence-electron chi connectivity index (χ4n) is 2.83. The SMILES string of the molecule is CCNC(=NCc1ccnc(-n2ccnc2)c1)NCc1ccc(C)cc1C. The predicted molar refractivity (Wildman–Crippen MR) is 109 cm³/mol. The molecule has 0 fully saturated rings. The monoisotopic (exact) mass is 362 g/mol. The molecule has 6 nitrogen and oxygen atoms in total. The van der Waals surface area contributed by atoms with Crippen LogP contribution in [0.25, 0.3) is 5.82 Å². The largest absolute Gasteiger partial charge is 0.357 e. The van der Waals surface area contributed by atoms with Crippen molar-refractivity contribution in [1.29, 1.82) is 0 Å². The van der Waals surface area contributed by atoms with Crippen molar-refractivity contribution in [3.63, 3.8) is 0 Å². The van der Waals surface area contributed by atoms with Crippen molar-refractivity contribution in [3.8, 4) is 5.82 Å². The summed E-state index contributed by atoms with van der Waals surface area (Å²) in [4.78, 5) is 13.2. The van der Waals surface area contributed by atoms with Crippen molar-refractivity contribution in [2.45, 2.75) is 33.9 Å². The van der Waals surface area contributed by atoms with Gasteiger partial charge in [-0.3, -0.25) is 4.57 Å². The number of nitrogens with zero attached hydrogens (tertiary/aromatic N) is 4. The van der Waals surface area contributed by atoms with E-state index in [1.54, 1.807) is 18.7 Å². The van der Waals surface area contributed by atoms with Gasteiger partial charge in [-0.05, 0) is 49.6 Å². The summed E-state index contributed by atoms with van der Waals surface area (Å²) >= 11 is 0. The standard InChI is InChI=1S/C21H26N6/c1-4-23-21(26-14-19-6-5-16(2)11-17(19)3)25-13-18-7-8-24-20(12-18)27-10-9-22-15-27/h5-12,15H,4,13-14H2,1-3H3,(H2,23,25,26). The van der Waals surface area contributed by atoms with Crippen LogP contribution in [-0.2, 0) is 13.1 Å². The molecule has 2 N–H and O–H groups in total. The molecule has 2 aromatic heterocycles. The molecule has 3 aromatic rings. The van der Waals surface area contributed by atoms with Crippen LogP contribution in [0.1, 0.15) is 29.2 Å². The number of hydrogen-bond acceptors (Lipinski definition) is 3. The minimum Gasteiger partial charge on any atom is -0.357 e. The lowest BCUT2D eigenvalue weighted by atomic mass is 10.1. The third-order valence-corrected chi connectivity index (χ3v) is 4.29. The first-order valence-electron chi connectivity index (χ1n) is 9.17. The van der Waals surface area contributed by atoms with E-state index in [2.05, 4.69) is 59.6 Å². The van der Waals surface area contributed by atoms with Crippen LogP contribution in [0.2, 0.25) is 0 Å². The number of aliphatic imine (C=N–C) groups is 1. The molecule has 0 amide bonds. The van der Waals surface area contributed by atoms with Crippen LogP contribution in [0.5, 0.6) is 0 Å². The van der Waals surface area contributed by atoms with Gasteiger partial charge in [0.25, 0.3) is 0 Å². The van der Waals surface area contributed by atoms with E-state index in [1.165, 1.54) is 16.7 Å². The number of imidazole rings is 1. The highest BCUT2D eigenvalue weighted by Gasteiger charge is 2.03. The molecule has 0 aliphatic carbocycles. The maximum atomic E-state index is 4.71. The lowest BCUT2D eigenvalue weighted by Gasteiger charge is -2.13. The minimum atomic E-state index is 0.576. The van der Waals surface area contributed by atoms with Gasteiger partial charge in [0.15, 0.2) is 5.96 Å². The molecule has 0 saturated carbocycles. The second-order valence-electron chi connectivity index (χ2n) is 6.47. The van der Waals surface area contributed by atoms with E-state index >= 15 is 0 Å². The van der Waals surface area contributed by atoms with E-state index in [4.69, 9.17) is 4.99 Å². The van der Waals surface area contributed by atoms with Crippen LogP contribution in [-0.4, -0.2) is 27.0 Å². The van der Waals surface area contributed by atoms with Crippen molar-refractivity contribution >= 4 is 5.96 Å². The van der Waals surface area contributed by atoms with Gasteiger partial charge in [-0.25, -0.2) is 15.0 Å². The Kier molecular flexibility index (Phi) is 6.20. The summed E-state index contributed by atoms with van der Waals surface area (Å²) in [5.41, 5.74) is 4.94. The number of guanidine groups is 1. The second-order valence-corrected chi connectivity index (χ2v) is 6.47. The van der Waals surface area contributed by atoms with Gasteiger partial charge in [-0.15, -0.1) is 0 Å². The van der Waals surface area contributed by atoms with Crippen LogP contribution in [0.4, 0.5) is 0 Å². The zero-order valence-electron chi connectivity index (χ0n) is 16.1. The quantitative estimate of drug-likeness (QED) is 0.522. The summed E-state index contributed by atoms with van der Waals surface area (Å²) in [5, 5.41) is 6.72. The van der Waals surface area contributed by atoms with E-state index in [1.807, 2.05) is 22.9 Å². The molecular weight excluding hydrogens is 336 g/mol. The highest BCUT2D eigenvalue weighted by Crippen LogP contribution is 2.10. The molecule has 0 atom stereocenters. The van der Waals surface area contributed by atoms with Crippen molar-refractivity contribution < 1.29 is 0 Å². The molecule has 2 heterocycles. The maximum Gasteiger partial charge on any atom is 0.191 e. The fourth-order valence-corrected chi connectivity index (χ4v) is 2.83. The third kappa shape index (κ3) is 5.17. The summed E-state index contributed by atoms with van der Waals surface area (Å²) in [6.07, 6.45) is 7.17. The van der Waals surface area contributed by atoms with Gasteiger partial charge < -0.3 is 10.6 Å². The molecule has 3 rings (SSSR count). The number of rotatable bonds is 6. The molecule has 0 radical (unpaired) electrons. The third-order valence-electron chi connectivity index (χ3n) is 4.29. The van der Waals surface area contributed by atoms with Crippen LogP contribution >= 0.6 is 0 Å². The van der Waals surface area contributed by atoms with Gasteiger partial charge in [0.2, 0.25) is 0 Å². The van der Waals surface area contributed by atoms with Gasteiger partial charge in [0.05, 0.1) is 6.54 Å². The van der Waals surface area contributed by atoms with E-state index in [0.29, 0.717) is 6.54 Å². The van der Waals surface area contributed by atoms with Gasteiger partial charge in [0.1, 0.15) is 12.1 Å². The van der Waals surface area contributed by atoms with Gasteiger partial charge >= 0.3 is 0 Å². The number of hydrogen-bond donors (Lipinski definition) is 2. The Labute approximate surface area is 160 Å². The Bertz CT molecular complexity index is 899. The van der Waals surface area contributed by atoms with Crippen molar-refractivity contribution in [2.24, 2.45) is 4.99 Å². The lowest BCUT2D eigenvalue weighted by Crippen LogP contribution is -2.36. The first kappa shape index (κ1) is 18.6. The van der Waals surface area contributed by atoms with E-state index in [9.17, 15) is 0 Å². The highest BCUT2D eigenvalue weighted by molar-refractivity contribution is 5.79. The number of pyridine rings is 1. The molecule has 6 heteroatoms. The molecule has 0 aliphatic heterocycles. The normalized spacial score (nSPS) is 11.4. The Morgan fingerprint density at radius 1 is 1.11 bits per heavy atom. The van der Waals surface area contributed by atoms with Crippen LogP contribution in [0, 0.1) is 13.8 Å². The van der Waals surface area contributed by atoms with Gasteiger partial charge in [-0.2, -0.15) is 0 Å². The number of nitrogens with one attached hydrogen (secondary N) is 2. The molecule has 140 valence electrons. The average Bonchev–Trinajstić information content (AvgIpc) is 3.20. The van der Waals surface area contributed by atoms with Crippen molar-refractivity contribution in [1.82, 2.24) is 25.2 Å². The minimum absolute atomic E-state index is 0.576. The first-order valence-corrected chi connectivity index (χ1v) is 9.17. The summed E-state index contributed by atoms with van der Waals surface area (Å²) in [5.74, 6) is 1.65.